The molecule has 0 aliphatic rings. The van der Waals surface area contributed by atoms with Crippen LogP contribution in [-0.2, 0) is 19.6 Å². The Kier molecular flexibility index (Phi) is 5.27. The second-order valence-electron chi connectivity index (χ2n) is 3.42. The highest BCUT2D eigenvalue weighted by Gasteiger charge is 2.16. The lowest BCUT2D eigenvalue weighted by Crippen LogP contribution is -2.38. The summed E-state index contributed by atoms with van der Waals surface area (Å²) in [6, 6.07) is 0. The molecule has 0 saturated carbocycles. The van der Waals surface area contributed by atoms with Crippen LogP contribution in [0.4, 0.5) is 0 Å². The molecule has 0 aromatic rings. The fourth-order valence-corrected chi connectivity index (χ4v) is 1.70. The zero-order valence-corrected chi connectivity index (χ0v) is 9.85. The number of carbonyl (C=O) groups excluding carboxylic acids is 2. The maximum atomic E-state index is 11.2. The molecule has 2 amide bonds. The van der Waals surface area contributed by atoms with Gasteiger partial charge in [0.15, 0.2) is 0 Å². The zero-order chi connectivity index (χ0) is 12.1. The van der Waals surface area contributed by atoms with Crippen LogP contribution in [-0.4, -0.2) is 32.5 Å². The van der Waals surface area contributed by atoms with Gasteiger partial charge in [-0.05, 0) is 0 Å². The topological polar surface area (TPSA) is 92.3 Å². The predicted octanol–water partition coefficient (Wildman–Crippen LogP) is -0.775. The molecule has 88 valence electrons. The van der Waals surface area contributed by atoms with E-state index in [2.05, 4.69) is 5.32 Å². The van der Waals surface area contributed by atoms with E-state index in [1.54, 1.807) is 13.8 Å². The van der Waals surface area contributed by atoms with E-state index in [1.807, 2.05) is 4.72 Å². The van der Waals surface area contributed by atoms with E-state index in [1.165, 1.54) is 6.92 Å². The standard InChI is InChI=1S/C8H16N2O4S/c1-6(2)8(12)10-15(13,14)5-4-9-7(3)11/h6H,4-5H2,1-3H3,(H,9,11)(H,10,12). The van der Waals surface area contributed by atoms with E-state index in [-0.39, 0.29) is 24.1 Å². The summed E-state index contributed by atoms with van der Waals surface area (Å²) in [7, 11) is -3.64. The quantitative estimate of drug-likeness (QED) is 0.655. The van der Waals surface area contributed by atoms with Gasteiger partial charge in [-0.2, -0.15) is 0 Å². The summed E-state index contributed by atoms with van der Waals surface area (Å²) in [5.74, 6) is -1.54. The Morgan fingerprint density at radius 2 is 1.80 bits per heavy atom. The Hall–Kier alpha value is -1.11. The van der Waals surface area contributed by atoms with Gasteiger partial charge in [-0.15, -0.1) is 0 Å². The van der Waals surface area contributed by atoms with E-state index in [4.69, 9.17) is 0 Å². The SMILES string of the molecule is CC(=O)NCCS(=O)(=O)NC(=O)C(C)C. The summed E-state index contributed by atoms with van der Waals surface area (Å²) in [5.41, 5.74) is 0. The number of rotatable bonds is 5. The van der Waals surface area contributed by atoms with Crippen molar-refractivity contribution in [1.82, 2.24) is 10.0 Å². The smallest absolute Gasteiger partial charge is 0.236 e. The Bertz CT molecular complexity index is 335. The summed E-state index contributed by atoms with van der Waals surface area (Å²) < 4.78 is 24.4. The molecule has 0 radical (unpaired) electrons. The molecule has 0 unspecified atom stereocenters. The normalized spacial score (nSPS) is 11.2. The summed E-state index contributed by atoms with van der Waals surface area (Å²) >= 11 is 0. The van der Waals surface area contributed by atoms with Gasteiger partial charge in [-0.3, -0.25) is 14.3 Å². The largest absolute Gasteiger partial charge is 0.355 e. The average Bonchev–Trinajstić information content (AvgIpc) is 2.01. The monoisotopic (exact) mass is 236 g/mol. The molecule has 0 rings (SSSR count). The number of hydrogen-bond acceptors (Lipinski definition) is 4. The Labute approximate surface area is 89.5 Å². The van der Waals surface area contributed by atoms with Crippen LogP contribution in [0.3, 0.4) is 0 Å². The molecule has 2 N–H and O–H groups in total. The highest BCUT2D eigenvalue weighted by molar-refractivity contribution is 7.90. The molecule has 0 spiro atoms. The lowest BCUT2D eigenvalue weighted by atomic mass is 10.2. The van der Waals surface area contributed by atoms with Crippen molar-refractivity contribution in [3.8, 4) is 0 Å². The maximum Gasteiger partial charge on any atom is 0.236 e. The third-order valence-electron chi connectivity index (χ3n) is 1.53. The van der Waals surface area contributed by atoms with Crippen molar-refractivity contribution in [1.29, 1.82) is 0 Å². The molecule has 0 saturated heterocycles. The second-order valence-corrected chi connectivity index (χ2v) is 5.26. The average molecular weight is 236 g/mol. The van der Waals surface area contributed by atoms with Crippen molar-refractivity contribution in [2.24, 2.45) is 5.92 Å². The minimum atomic E-state index is -3.64. The highest BCUT2D eigenvalue weighted by atomic mass is 32.2. The van der Waals surface area contributed by atoms with Crippen molar-refractivity contribution >= 4 is 21.8 Å². The summed E-state index contributed by atoms with van der Waals surface area (Å²) in [6.45, 7) is 4.48. The maximum absolute atomic E-state index is 11.2. The number of sulfonamides is 1. The first-order chi connectivity index (χ1) is 6.74. The summed E-state index contributed by atoms with van der Waals surface area (Å²) in [5, 5.41) is 2.33. The van der Waals surface area contributed by atoms with Gasteiger partial charge in [0.1, 0.15) is 0 Å². The molecule has 15 heavy (non-hydrogen) atoms. The first-order valence-corrected chi connectivity index (χ1v) is 6.18. The molecule has 0 aromatic heterocycles. The van der Waals surface area contributed by atoms with E-state index in [0.717, 1.165) is 0 Å². The van der Waals surface area contributed by atoms with Crippen LogP contribution in [0.25, 0.3) is 0 Å². The van der Waals surface area contributed by atoms with Crippen LogP contribution in [0.1, 0.15) is 20.8 Å². The van der Waals surface area contributed by atoms with Gasteiger partial charge >= 0.3 is 0 Å². The van der Waals surface area contributed by atoms with Crippen LogP contribution >= 0.6 is 0 Å². The van der Waals surface area contributed by atoms with Gasteiger partial charge < -0.3 is 5.32 Å². The van der Waals surface area contributed by atoms with E-state index >= 15 is 0 Å². The van der Waals surface area contributed by atoms with Crippen LogP contribution in [0.15, 0.2) is 0 Å². The fourth-order valence-electron chi connectivity index (χ4n) is 0.684. The Morgan fingerprint density at radius 1 is 1.27 bits per heavy atom. The number of amides is 2. The van der Waals surface area contributed by atoms with Crippen molar-refractivity contribution in [3.63, 3.8) is 0 Å². The van der Waals surface area contributed by atoms with E-state index in [9.17, 15) is 18.0 Å². The molecule has 0 heterocycles. The predicted molar refractivity (Wildman–Crippen MR) is 55.5 cm³/mol. The minimum absolute atomic E-state index is 0.00393. The van der Waals surface area contributed by atoms with Gasteiger partial charge in [-0.25, -0.2) is 8.42 Å². The van der Waals surface area contributed by atoms with Gasteiger partial charge in [0, 0.05) is 19.4 Å². The van der Waals surface area contributed by atoms with Crippen molar-refractivity contribution in [2.75, 3.05) is 12.3 Å². The number of hydrogen-bond donors (Lipinski definition) is 2. The van der Waals surface area contributed by atoms with Gasteiger partial charge in [0.25, 0.3) is 0 Å². The van der Waals surface area contributed by atoms with Crippen LogP contribution in [0, 0.1) is 5.92 Å². The van der Waals surface area contributed by atoms with Gasteiger partial charge in [-0.1, -0.05) is 13.8 Å². The molecule has 7 heteroatoms. The molecule has 0 aliphatic heterocycles. The second kappa shape index (κ2) is 5.69. The third kappa shape index (κ3) is 6.89. The van der Waals surface area contributed by atoms with E-state index < -0.39 is 15.9 Å². The number of nitrogens with one attached hydrogen (secondary N) is 2. The molecule has 0 aromatic carbocycles. The first-order valence-electron chi connectivity index (χ1n) is 4.53. The van der Waals surface area contributed by atoms with Crippen molar-refractivity contribution in [2.45, 2.75) is 20.8 Å². The lowest BCUT2D eigenvalue weighted by Gasteiger charge is -2.08. The molecule has 0 atom stereocenters. The highest BCUT2D eigenvalue weighted by Crippen LogP contribution is 1.93. The van der Waals surface area contributed by atoms with Gasteiger partial charge in [0.2, 0.25) is 21.8 Å². The molecular weight excluding hydrogens is 220 g/mol. The van der Waals surface area contributed by atoms with Gasteiger partial charge in [0.05, 0.1) is 5.75 Å². The molecule has 6 nitrogen and oxygen atoms in total. The fraction of sp³-hybridized carbons (Fsp3) is 0.750. The molecule has 0 fully saturated rings. The first kappa shape index (κ1) is 13.9. The molecule has 0 bridgehead atoms. The summed E-state index contributed by atoms with van der Waals surface area (Å²) in [4.78, 5) is 21.5. The third-order valence-corrected chi connectivity index (χ3v) is 2.78. The van der Waals surface area contributed by atoms with Crippen LogP contribution in [0.2, 0.25) is 0 Å². The zero-order valence-electron chi connectivity index (χ0n) is 9.03. The lowest BCUT2D eigenvalue weighted by molar-refractivity contribution is -0.122. The summed E-state index contributed by atoms with van der Waals surface area (Å²) in [6.07, 6.45) is 0. The minimum Gasteiger partial charge on any atom is -0.355 e. The van der Waals surface area contributed by atoms with Crippen LogP contribution < -0.4 is 10.0 Å². The Balaban J connectivity index is 4.09. The Morgan fingerprint density at radius 3 is 2.20 bits per heavy atom. The van der Waals surface area contributed by atoms with Crippen molar-refractivity contribution < 1.29 is 18.0 Å². The van der Waals surface area contributed by atoms with Crippen LogP contribution in [0.5, 0.6) is 0 Å². The molecular formula is C8H16N2O4S. The van der Waals surface area contributed by atoms with Crippen molar-refractivity contribution in [3.05, 3.63) is 0 Å². The van der Waals surface area contributed by atoms with E-state index in [0.29, 0.717) is 0 Å². The number of carbonyl (C=O) groups is 2. The molecule has 0 aliphatic carbocycles.